The van der Waals surface area contributed by atoms with Crippen molar-refractivity contribution in [2.24, 2.45) is 10.2 Å². The normalized spacial score (nSPS) is 11.9. The van der Waals surface area contributed by atoms with E-state index in [2.05, 4.69) is 52.7 Å². The first-order chi connectivity index (χ1) is 15.5. The zero-order chi connectivity index (χ0) is 22.2. The molecule has 4 heteroatoms. The van der Waals surface area contributed by atoms with Gasteiger partial charge in [-0.05, 0) is 50.5 Å². The molecule has 2 heterocycles. The van der Waals surface area contributed by atoms with Crippen LogP contribution in [0, 0.1) is 13.8 Å². The Morgan fingerprint density at radius 3 is 2.00 bits per heavy atom. The molecule has 0 bridgehead atoms. The third-order valence-electron chi connectivity index (χ3n) is 5.60. The van der Waals surface area contributed by atoms with Gasteiger partial charge in [-0.15, -0.1) is 5.10 Å². The molecule has 0 amide bonds. The predicted octanol–water partition coefficient (Wildman–Crippen LogP) is 7.43. The minimum Gasteiger partial charge on any atom is -0.460 e. The molecule has 158 valence electrons. The van der Waals surface area contributed by atoms with E-state index >= 15 is 0 Å². The van der Waals surface area contributed by atoms with E-state index in [4.69, 9.17) is 8.83 Å². The standard InChI is InChI=1S/C28H24N2O2/c1-17(2)29-30-25-16-22(20-11-7-5-8-12-20)23-15-24-26(21-13-9-6-10-14-21)19(4)31-28(24)18(3)27(23)32-25/h5-16H,1-4H3/b30-25+. The quantitative estimate of drug-likeness (QED) is 0.225. The zero-order valence-corrected chi connectivity index (χ0v) is 18.6. The third-order valence-corrected chi connectivity index (χ3v) is 5.60. The molecule has 0 saturated heterocycles. The summed E-state index contributed by atoms with van der Waals surface area (Å²) in [7, 11) is 0. The van der Waals surface area contributed by atoms with Crippen LogP contribution in [0.15, 0.2) is 91.8 Å². The van der Waals surface area contributed by atoms with Crippen molar-refractivity contribution in [2.45, 2.75) is 27.7 Å². The van der Waals surface area contributed by atoms with Crippen molar-refractivity contribution in [3.8, 4) is 22.3 Å². The van der Waals surface area contributed by atoms with Gasteiger partial charge < -0.3 is 8.83 Å². The summed E-state index contributed by atoms with van der Waals surface area (Å²) in [5, 5.41) is 10.6. The third kappa shape index (κ3) is 3.44. The van der Waals surface area contributed by atoms with E-state index in [1.807, 2.05) is 58.0 Å². The van der Waals surface area contributed by atoms with Gasteiger partial charge in [0, 0.05) is 33.7 Å². The Labute approximate surface area is 186 Å². The summed E-state index contributed by atoms with van der Waals surface area (Å²) in [6.45, 7) is 7.88. The van der Waals surface area contributed by atoms with E-state index in [0.29, 0.717) is 5.55 Å². The van der Waals surface area contributed by atoms with Crippen LogP contribution in [0.25, 0.3) is 44.2 Å². The Morgan fingerprint density at radius 1 is 0.719 bits per heavy atom. The second-order valence-corrected chi connectivity index (χ2v) is 8.17. The van der Waals surface area contributed by atoms with Crippen molar-refractivity contribution in [1.82, 2.24) is 0 Å². The predicted molar refractivity (Wildman–Crippen MR) is 131 cm³/mol. The summed E-state index contributed by atoms with van der Waals surface area (Å²) in [5.41, 5.74) is 8.28. The van der Waals surface area contributed by atoms with Crippen LogP contribution in [0.3, 0.4) is 0 Å². The SMILES string of the molecule is CC(C)=N/N=c1\cc(-c2ccccc2)c2cc3c(-c4ccccc4)c(C)oc3c(C)c2o1. The summed E-state index contributed by atoms with van der Waals surface area (Å²) < 4.78 is 12.5. The van der Waals surface area contributed by atoms with Gasteiger partial charge in [0.05, 0.1) is 0 Å². The van der Waals surface area contributed by atoms with Crippen LogP contribution >= 0.6 is 0 Å². The van der Waals surface area contributed by atoms with Crippen LogP contribution in [0.5, 0.6) is 0 Å². The van der Waals surface area contributed by atoms with Gasteiger partial charge in [-0.3, -0.25) is 0 Å². The average Bonchev–Trinajstić information content (AvgIpc) is 3.15. The number of hydrogen-bond donors (Lipinski definition) is 0. The maximum atomic E-state index is 6.26. The fourth-order valence-electron chi connectivity index (χ4n) is 4.18. The van der Waals surface area contributed by atoms with Crippen molar-refractivity contribution >= 4 is 27.7 Å². The molecule has 0 aliphatic heterocycles. The van der Waals surface area contributed by atoms with Crippen LogP contribution in [0.4, 0.5) is 0 Å². The molecule has 0 radical (unpaired) electrons. The number of hydrogen-bond acceptors (Lipinski definition) is 4. The molecule has 0 spiro atoms. The number of nitrogens with zero attached hydrogens (tertiary/aromatic N) is 2. The molecule has 0 unspecified atom stereocenters. The van der Waals surface area contributed by atoms with Crippen LogP contribution < -0.4 is 5.55 Å². The fourth-order valence-corrected chi connectivity index (χ4v) is 4.18. The lowest BCUT2D eigenvalue weighted by atomic mass is 9.96. The number of benzene rings is 3. The Hall–Kier alpha value is -3.92. The van der Waals surface area contributed by atoms with E-state index in [-0.39, 0.29) is 0 Å². The molecule has 0 aliphatic carbocycles. The molecule has 5 aromatic rings. The Bertz CT molecular complexity index is 1540. The summed E-state index contributed by atoms with van der Waals surface area (Å²) in [4.78, 5) is 0. The molecule has 3 aromatic carbocycles. The molecule has 0 saturated carbocycles. The minimum absolute atomic E-state index is 0.464. The molecule has 4 nitrogen and oxygen atoms in total. The molecule has 2 aromatic heterocycles. The Balaban J connectivity index is 1.92. The summed E-state index contributed by atoms with van der Waals surface area (Å²) in [5.74, 6) is 0.891. The number of fused-ring (bicyclic) bond motifs is 2. The van der Waals surface area contributed by atoms with Gasteiger partial charge in [-0.1, -0.05) is 60.7 Å². The van der Waals surface area contributed by atoms with Gasteiger partial charge in [0.1, 0.15) is 16.9 Å². The van der Waals surface area contributed by atoms with Gasteiger partial charge in [0.25, 0.3) is 0 Å². The first-order valence-electron chi connectivity index (χ1n) is 10.7. The van der Waals surface area contributed by atoms with Crippen molar-refractivity contribution in [2.75, 3.05) is 0 Å². The van der Waals surface area contributed by atoms with Crippen molar-refractivity contribution in [3.05, 3.63) is 89.7 Å². The second kappa shape index (κ2) is 7.97. The molecule has 32 heavy (non-hydrogen) atoms. The zero-order valence-electron chi connectivity index (χ0n) is 18.6. The first-order valence-corrected chi connectivity index (χ1v) is 10.7. The van der Waals surface area contributed by atoms with Crippen LogP contribution in [-0.2, 0) is 0 Å². The number of aryl methyl sites for hydroxylation is 2. The van der Waals surface area contributed by atoms with Crippen molar-refractivity contribution < 1.29 is 8.83 Å². The first kappa shape index (κ1) is 20.0. The average molecular weight is 421 g/mol. The van der Waals surface area contributed by atoms with E-state index in [1.165, 1.54) is 0 Å². The molecule has 0 fully saturated rings. The highest BCUT2D eigenvalue weighted by Crippen LogP contribution is 2.40. The van der Waals surface area contributed by atoms with E-state index in [1.54, 1.807) is 0 Å². The van der Waals surface area contributed by atoms with Crippen LogP contribution in [-0.4, -0.2) is 5.71 Å². The molecule has 0 N–H and O–H groups in total. The van der Waals surface area contributed by atoms with Crippen molar-refractivity contribution in [1.29, 1.82) is 0 Å². The minimum atomic E-state index is 0.464. The summed E-state index contributed by atoms with van der Waals surface area (Å²) in [6, 6.07) is 24.8. The summed E-state index contributed by atoms with van der Waals surface area (Å²) in [6.07, 6.45) is 0. The highest BCUT2D eigenvalue weighted by molar-refractivity contribution is 6.08. The number of furan rings is 1. The van der Waals surface area contributed by atoms with Crippen LogP contribution in [0.1, 0.15) is 25.2 Å². The van der Waals surface area contributed by atoms with E-state index in [0.717, 1.165) is 61.2 Å². The molecular weight excluding hydrogens is 396 g/mol. The largest absolute Gasteiger partial charge is 0.460 e. The van der Waals surface area contributed by atoms with Crippen molar-refractivity contribution in [3.63, 3.8) is 0 Å². The van der Waals surface area contributed by atoms with Crippen LogP contribution in [0.2, 0.25) is 0 Å². The van der Waals surface area contributed by atoms with E-state index in [9.17, 15) is 0 Å². The fraction of sp³-hybridized carbons (Fsp3) is 0.143. The lowest BCUT2D eigenvalue weighted by molar-refractivity contribution is 0.533. The Kier molecular flexibility index (Phi) is 4.98. The monoisotopic (exact) mass is 420 g/mol. The highest BCUT2D eigenvalue weighted by Gasteiger charge is 2.19. The smallest absolute Gasteiger partial charge is 0.239 e. The lowest BCUT2D eigenvalue weighted by Crippen LogP contribution is -2.02. The lowest BCUT2D eigenvalue weighted by Gasteiger charge is -2.09. The van der Waals surface area contributed by atoms with Gasteiger partial charge in [0.2, 0.25) is 5.55 Å². The van der Waals surface area contributed by atoms with Gasteiger partial charge in [-0.2, -0.15) is 5.10 Å². The highest BCUT2D eigenvalue weighted by atomic mass is 16.3. The van der Waals surface area contributed by atoms with E-state index < -0.39 is 0 Å². The molecule has 0 atom stereocenters. The Morgan fingerprint density at radius 2 is 1.34 bits per heavy atom. The van der Waals surface area contributed by atoms with Gasteiger partial charge >= 0.3 is 0 Å². The molecular formula is C28H24N2O2. The van der Waals surface area contributed by atoms with Gasteiger partial charge in [-0.25, -0.2) is 0 Å². The maximum Gasteiger partial charge on any atom is 0.239 e. The maximum absolute atomic E-state index is 6.26. The number of rotatable bonds is 3. The molecule has 0 aliphatic rings. The van der Waals surface area contributed by atoms with Gasteiger partial charge in [0.15, 0.2) is 0 Å². The topological polar surface area (TPSA) is 51.0 Å². The molecule has 5 rings (SSSR count). The second-order valence-electron chi connectivity index (χ2n) is 8.17. The summed E-state index contributed by atoms with van der Waals surface area (Å²) >= 11 is 0.